The molecule has 1 aromatic carbocycles. The molecule has 2 atom stereocenters. The van der Waals surface area contributed by atoms with E-state index in [1.807, 2.05) is 30.3 Å². The zero-order valence-corrected chi connectivity index (χ0v) is 7.93. The van der Waals surface area contributed by atoms with E-state index < -0.39 is 0 Å². The second-order valence-corrected chi connectivity index (χ2v) is 3.80. The van der Waals surface area contributed by atoms with E-state index in [4.69, 9.17) is 0 Å². The number of rotatable bonds is 2. The summed E-state index contributed by atoms with van der Waals surface area (Å²) in [5.41, 5.74) is 1.12. The second kappa shape index (κ2) is 3.78. The summed E-state index contributed by atoms with van der Waals surface area (Å²) < 4.78 is 0. The van der Waals surface area contributed by atoms with Gasteiger partial charge in [0.25, 0.3) is 0 Å². The number of nitrogens with zero attached hydrogens (tertiary/aromatic N) is 1. The lowest BCUT2D eigenvalue weighted by Crippen LogP contribution is -2.22. The minimum absolute atomic E-state index is 0.120. The molecule has 0 aliphatic heterocycles. The third kappa shape index (κ3) is 1.62. The van der Waals surface area contributed by atoms with Crippen molar-refractivity contribution in [2.24, 2.45) is 0 Å². The summed E-state index contributed by atoms with van der Waals surface area (Å²) in [6.07, 6.45) is 2.66. The highest BCUT2D eigenvalue weighted by molar-refractivity contribution is 5.21. The normalized spacial score (nSPS) is 26.3. The van der Waals surface area contributed by atoms with E-state index in [2.05, 4.69) is 0 Å². The Bertz CT molecular complexity index is 323. The highest BCUT2D eigenvalue weighted by atomic mass is 16.6. The molecule has 0 bridgehead atoms. The van der Waals surface area contributed by atoms with Crippen LogP contribution in [0.15, 0.2) is 30.3 Å². The molecule has 0 aromatic heterocycles. The van der Waals surface area contributed by atoms with Gasteiger partial charge in [-0.25, -0.2) is 0 Å². The lowest BCUT2D eigenvalue weighted by Gasteiger charge is -2.12. The van der Waals surface area contributed by atoms with Crippen molar-refractivity contribution >= 4 is 0 Å². The van der Waals surface area contributed by atoms with E-state index in [9.17, 15) is 10.1 Å². The fraction of sp³-hybridized carbons (Fsp3) is 0.455. The summed E-state index contributed by atoms with van der Waals surface area (Å²) in [6.45, 7) is 0. The molecule has 0 unspecified atom stereocenters. The Labute approximate surface area is 82.9 Å². The minimum Gasteiger partial charge on any atom is -0.264 e. The van der Waals surface area contributed by atoms with Crippen molar-refractivity contribution in [3.8, 4) is 0 Å². The molecule has 0 N–H and O–H groups in total. The van der Waals surface area contributed by atoms with Crippen molar-refractivity contribution in [3.63, 3.8) is 0 Å². The van der Waals surface area contributed by atoms with Gasteiger partial charge in [-0.1, -0.05) is 30.3 Å². The topological polar surface area (TPSA) is 43.1 Å². The van der Waals surface area contributed by atoms with Gasteiger partial charge < -0.3 is 0 Å². The Hall–Kier alpha value is -1.38. The van der Waals surface area contributed by atoms with Crippen molar-refractivity contribution in [1.82, 2.24) is 0 Å². The molecular formula is C11H13NO2. The van der Waals surface area contributed by atoms with E-state index in [-0.39, 0.29) is 16.9 Å². The molecule has 1 aliphatic rings. The van der Waals surface area contributed by atoms with Crippen LogP contribution >= 0.6 is 0 Å². The third-order valence-electron chi connectivity index (χ3n) is 2.98. The van der Waals surface area contributed by atoms with Crippen LogP contribution in [0.25, 0.3) is 0 Å². The van der Waals surface area contributed by atoms with Gasteiger partial charge in [-0.3, -0.25) is 10.1 Å². The van der Waals surface area contributed by atoms with Crippen LogP contribution in [0.2, 0.25) is 0 Å². The number of hydrogen-bond acceptors (Lipinski definition) is 2. The molecule has 1 fully saturated rings. The molecule has 1 saturated carbocycles. The summed E-state index contributed by atoms with van der Waals surface area (Å²) in [6, 6.07) is 9.46. The van der Waals surface area contributed by atoms with Crippen LogP contribution < -0.4 is 0 Å². The van der Waals surface area contributed by atoms with Gasteiger partial charge in [0.05, 0.1) is 5.92 Å². The van der Waals surface area contributed by atoms with E-state index in [0.29, 0.717) is 0 Å². The lowest BCUT2D eigenvalue weighted by molar-refractivity contribution is -0.523. The number of nitro groups is 1. The van der Waals surface area contributed by atoms with Gasteiger partial charge in [-0.2, -0.15) is 0 Å². The average Bonchev–Trinajstić information content (AvgIpc) is 2.67. The largest absolute Gasteiger partial charge is 0.264 e. The van der Waals surface area contributed by atoms with Crippen LogP contribution in [-0.4, -0.2) is 11.0 Å². The van der Waals surface area contributed by atoms with Crippen LogP contribution in [0, 0.1) is 10.1 Å². The smallest absolute Gasteiger partial charge is 0.219 e. The van der Waals surface area contributed by atoms with Crippen LogP contribution in [0.3, 0.4) is 0 Å². The minimum atomic E-state index is -0.364. The predicted octanol–water partition coefficient (Wildman–Crippen LogP) is 2.60. The first-order chi connectivity index (χ1) is 6.79. The van der Waals surface area contributed by atoms with E-state index >= 15 is 0 Å². The monoisotopic (exact) mass is 191 g/mol. The van der Waals surface area contributed by atoms with Gasteiger partial charge >= 0.3 is 0 Å². The van der Waals surface area contributed by atoms with Gasteiger partial charge in [0.15, 0.2) is 0 Å². The molecule has 0 saturated heterocycles. The van der Waals surface area contributed by atoms with Crippen molar-refractivity contribution < 1.29 is 4.92 Å². The number of benzene rings is 1. The lowest BCUT2D eigenvalue weighted by atomic mass is 9.95. The van der Waals surface area contributed by atoms with Crippen molar-refractivity contribution in [3.05, 3.63) is 46.0 Å². The van der Waals surface area contributed by atoms with Gasteiger partial charge in [-0.15, -0.1) is 0 Å². The maximum Gasteiger partial charge on any atom is 0.219 e. The SMILES string of the molecule is O=[N+]([O-])[C@H]1CCC[C@@H]1c1ccccc1. The van der Waals surface area contributed by atoms with E-state index in [1.54, 1.807) is 0 Å². The Morgan fingerprint density at radius 3 is 2.57 bits per heavy atom. The molecular weight excluding hydrogens is 178 g/mol. The molecule has 0 heterocycles. The zero-order valence-electron chi connectivity index (χ0n) is 7.93. The summed E-state index contributed by atoms with van der Waals surface area (Å²) in [7, 11) is 0. The van der Waals surface area contributed by atoms with Gasteiger partial charge in [0.2, 0.25) is 6.04 Å². The molecule has 0 radical (unpaired) electrons. The summed E-state index contributed by atoms with van der Waals surface area (Å²) >= 11 is 0. The van der Waals surface area contributed by atoms with Gasteiger partial charge in [0, 0.05) is 11.3 Å². The predicted molar refractivity (Wildman–Crippen MR) is 53.8 cm³/mol. The average molecular weight is 191 g/mol. The van der Waals surface area contributed by atoms with Crippen LogP contribution in [-0.2, 0) is 0 Å². The van der Waals surface area contributed by atoms with Crippen LogP contribution in [0.5, 0.6) is 0 Å². The quantitative estimate of drug-likeness (QED) is 0.532. The van der Waals surface area contributed by atoms with Gasteiger partial charge in [0.1, 0.15) is 0 Å². The van der Waals surface area contributed by atoms with E-state index in [1.165, 1.54) is 0 Å². The third-order valence-corrected chi connectivity index (χ3v) is 2.98. The summed E-state index contributed by atoms with van der Waals surface area (Å²) in [5, 5.41) is 10.8. The van der Waals surface area contributed by atoms with Crippen molar-refractivity contribution in [2.75, 3.05) is 0 Å². The Kier molecular flexibility index (Phi) is 2.48. The maximum absolute atomic E-state index is 10.8. The highest BCUT2D eigenvalue weighted by Gasteiger charge is 2.36. The molecule has 2 rings (SSSR count). The molecule has 74 valence electrons. The molecule has 14 heavy (non-hydrogen) atoms. The summed E-state index contributed by atoms with van der Waals surface area (Å²) in [5.74, 6) is 0.131. The first kappa shape index (κ1) is 9.19. The molecule has 1 aromatic rings. The van der Waals surface area contributed by atoms with E-state index in [0.717, 1.165) is 24.8 Å². The standard InChI is InChI=1S/C11H13NO2/c13-12(14)11-8-4-7-10(11)9-5-2-1-3-6-9/h1-3,5-6,10-11H,4,7-8H2/t10-,11+/m1/s1. The van der Waals surface area contributed by atoms with Gasteiger partial charge in [-0.05, 0) is 18.4 Å². The first-order valence-electron chi connectivity index (χ1n) is 4.97. The van der Waals surface area contributed by atoms with Crippen molar-refractivity contribution in [2.45, 2.75) is 31.2 Å². The molecule has 3 nitrogen and oxygen atoms in total. The van der Waals surface area contributed by atoms with Crippen LogP contribution in [0.1, 0.15) is 30.7 Å². The zero-order chi connectivity index (χ0) is 9.97. The second-order valence-electron chi connectivity index (χ2n) is 3.80. The molecule has 0 spiro atoms. The number of hydrogen-bond donors (Lipinski definition) is 0. The maximum atomic E-state index is 10.8. The molecule has 1 aliphatic carbocycles. The van der Waals surface area contributed by atoms with Crippen LogP contribution in [0.4, 0.5) is 0 Å². The molecule has 0 amide bonds. The highest BCUT2D eigenvalue weighted by Crippen LogP contribution is 2.35. The fourth-order valence-corrected chi connectivity index (χ4v) is 2.28. The Morgan fingerprint density at radius 2 is 1.93 bits per heavy atom. The Balaban J connectivity index is 2.22. The molecule has 3 heteroatoms. The first-order valence-corrected chi connectivity index (χ1v) is 4.97. The fourth-order valence-electron chi connectivity index (χ4n) is 2.28. The van der Waals surface area contributed by atoms with Crippen molar-refractivity contribution in [1.29, 1.82) is 0 Å². The Morgan fingerprint density at radius 1 is 1.21 bits per heavy atom. The summed E-state index contributed by atoms with van der Waals surface area (Å²) in [4.78, 5) is 10.7.